The number of hydrogen-bond acceptors (Lipinski definition) is 3. The minimum atomic E-state index is -0.180. The number of aryl methyl sites for hydroxylation is 1. The smallest absolute Gasteiger partial charge is 0.217 e. The van der Waals surface area contributed by atoms with Gasteiger partial charge in [0.1, 0.15) is 0 Å². The van der Waals surface area contributed by atoms with Crippen LogP contribution in [-0.2, 0) is 11.3 Å². The van der Waals surface area contributed by atoms with Crippen LogP contribution in [0, 0.1) is 6.92 Å². The lowest BCUT2D eigenvalue weighted by molar-refractivity contribution is -0.119. The van der Waals surface area contributed by atoms with Gasteiger partial charge in [-0.05, 0) is 20.8 Å². The Bertz CT molecular complexity index is 463. The number of H-pyrrole nitrogens is 1. The molecule has 1 rings (SSSR count). The summed E-state index contributed by atoms with van der Waals surface area (Å²) in [6, 6.07) is 1.49. The first-order valence-corrected chi connectivity index (χ1v) is 5.54. The number of nitrogens with one attached hydrogen (secondary N) is 2. The van der Waals surface area contributed by atoms with Crippen molar-refractivity contribution in [3.05, 3.63) is 27.5 Å². The molecular weight excluding hydrogens is 220 g/mol. The standard InChI is InChI=1S/C12H18N2O3/c1-7(2)17-12-10(6-13-9(4)15)11(16)5-8(3)14-12/h5,7H,6H2,1-4H3,(H,13,15)(H,14,16). The van der Waals surface area contributed by atoms with Gasteiger partial charge in [-0.2, -0.15) is 0 Å². The Kier molecular flexibility index (Phi) is 4.31. The van der Waals surface area contributed by atoms with E-state index >= 15 is 0 Å². The first kappa shape index (κ1) is 13.3. The van der Waals surface area contributed by atoms with Crippen LogP contribution in [0.5, 0.6) is 5.88 Å². The van der Waals surface area contributed by atoms with E-state index in [2.05, 4.69) is 10.3 Å². The molecule has 5 heteroatoms. The zero-order chi connectivity index (χ0) is 13.0. The lowest BCUT2D eigenvalue weighted by atomic mass is 10.2. The van der Waals surface area contributed by atoms with E-state index in [4.69, 9.17) is 4.74 Å². The van der Waals surface area contributed by atoms with Crippen LogP contribution in [0.25, 0.3) is 0 Å². The highest BCUT2D eigenvalue weighted by Crippen LogP contribution is 2.13. The monoisotopic (exact) mass is 238 g/mol. The van der Waals surface area contributed by atoms with Crippen molar-refractivity contribution in [2.45, 2.75) is 40.3 Å². The third-order valence-electron chi connectivity index (χ3n) is 2.10. The summed E-state index contributed by atoms with van der Waals surface area (Å²) in [5.74, 6) is 0.249. The summed E-state index contributed by atoms with van der Waals surface area (Å²) in [4.78, 5) is 25.7. The Morgan fingerprint density at radius 1 is 1.53 bits per heavy atom. The molecule has 0 saturated heterocycles. The van der Waals surface area contributed by atoms with E-state index in [1.807, 2.05) is 13.8 Å². The summed E-state index contributed by atoms with van der Waals surface area (Å²) >= 11 is 0. The summed E-state index contributed by atoms with van der Waals surface area (Å²) in [5, 5.41) is 2.60. The Hall–Kier alpha value is -1.78. The molecule has 1 heterocycles. The molecule has 0 aromatic carbocycles. The van der Waals surface area contributed by atoms with Gasteiger partial charge in [0.2, 0.25) is 5.91 Å². The normalized spacial score (nSPS) is 10.4. The van der Waals surface area contributed by atoms with E-state index in [9.17, 15) is 9.59 Å². The summed E-state index contributed by atoms with van der Waals surface area (Å²) in [6.45, 7) is 7.13. The number of ether oxygens (including phenoxy) is 1. The molecule has 94 valence electrons. The quantitative estimate of drug-likeness (QED) is 0.825. The third-order valence-corrected chi connectivity index (χ3v) is 2.10. The second-order valence-corrected chi connectivity index (χ2v) is 4.20. The van der Waals surface area contributed by atoms with Gasteiger partial charge in [-0.1, -0.05) is 0 Å². The first-order valence-electron chi connectivity index (χ1n) is 5.54. The van der Waals surface area contributed by atoms with E-state index in [0.717, 1.165) is 5.69 Å². The van der Waals surface area contributed by atoms with Crippen molar-refractivity contribution >= 4 is 5.91 Å². The van der Waals surface area contributed by atoms with Gasteiger partial charge in [0, 0.05) is 18.7 Å². The number of aromatic nitrogens is 1. The Morgan fingerprint density at radius 2 is 2.18 bits per heavy atom. The first-order chi connectivity index (χ1) is 7.90. The SMILES string of the molecule is CC(=O)NCc1c(OC(C)C)[nH]c(C)cc1=O. The van der Waals surface area contributed by atoms with Crippen molar-refractivity contribution < 1.29 is 9.53 Å². The number of carbonyl (C=O) groups excluding carboxylic acids is 1. The van der Waals surface area contributed by atoms with E-state index in [1.54, 1.807) is 6.92 Å². The molecule has 1 aromatic heterocycles. The molecule has 1 aromatic rings. The molecule has 0 saturated carbocycles. The largest absolute Gasteiger partial charge is 0.476 e. The molecule has 5 nitrogen and oxygen atoms in total. The van der Waals surface area contributed by atoms with E-state index in [1.165, 1.54) is 13.0 Å². The fraction of sp³-hybridized carbons (Fsp3) is 0.500. The molecule has 0 spiro atoms. The number of carbonyl (C=O) groups is 1. The van der Waals surface area contributed by atoms with Crippen LogP contribution in [-0.4, -0.2) is 17.0 Å². The predicted octanol–water partition coefficient (Wildman–Crippen LogP) is 1.11. The van der Waals surface area contributed by atoms with Gasteiger partial charge in [0.25, 0.3) is 0 Å². The third kappa shape index (κ3) is 3.94. The lowest BCUT2D eigenvalue weighted by Gasteiger charge is -2.14. The highest BCUT2D eigenvalue weighted by Gasteiger charge is 2.11. The van der Waals surface area contributed by atoms with Gasteiger partial charge in [-0.25, -0.2) is 0 Å². The minimum Gasteiger partial charge on any atom is -0.476 e. The maximum absolute atomic E-state index is 11.8. The van der Waals surface area contributed by atoms with Gasteiger partial charge in [-0.3, -0.25) is 9.59 Å². The molecule has 0 aliphatic heterocycles. The minimum absolute atomic E-state index is 0.0384. The van der Waals surface area contributed by atoms with Crippen LogP contribution in [0.1, 0.15) is 32.0 Å². The lowest BCUT2D eigenvalue weighted by Crippen LogP contribution is -2.25. The van der Waals surface area contributed by atoms with Crippen molar-refractivity contribution in [2.24, 2.45) is 0 Å². The topological polar surface area (TPSA) is 71.2 Å². The average Bonchev–Trinajstić information content (AvgIpc) is 2.14. The maximum atomic E-state index is 11.8. The van der Waals surface area contributed by atoms with Crippen molar-refractivity contribution in [1.82, 2.24) is 10.3 Å². The highest BCUT2D eigenvalue weighted by molar-refractivity contribution is 5.72. The molecule has 0 bridgehead atoms. The van der Waals surface area contributed by atoms with Crippen molar-refractivity contribution in [2.75, 3.05) is 0 Å². The summed E-state index contributed by atoms with van der Waals surface area (Å²) in [5.41, 5.74) is 1.04. The predicted molar refractivity (Wildman–Crippen MR) is 65.1 cm³/mol. The molecule has 0 aliphatic carbocycles. The fourth-order valence-corrected chi connectivity index (χ4v) is 1.40. The Morgan fingerprint density at radius 3 is 2.71 bits per heavy atom. The molecular formula is C12H18N2O3. The molecule has 0 atom stereocenters. The molecule has 0 aliphatic rings. The zero-order valence-electron chi connectivity index (χ0n) is 10.6. The zero-order valence-corrected chi connectivity index (χ0v) is 10.6. The van der Waals surface area contributed by atoms with Gasteiger partial charge in [0.15, 0.2) is 11.3 Å². The van der Waals surface area contributed by atoms with Crippen molar-refractivity contribution in [1.29, 1.82) is 0 Å². The van der Waals surface area contributed by atoms with Crippen LogP contribution in [0.2, 0.25) is 0 Å². The Balaban J connectivity index is 3.06. The molecule has 0 fully saturated rings. The van der Waals surface area contributed by atoms with E-state index < -0.39 is 0 Å². The van der Waals surface area contributed by atoms with Gasteiger partial charge >= 0.3 is 0 Å². The molecule has 1 amide bonds. The van der Waals surface area contributed by atoms with Crippen LogP contribution >= 0.6 is 0 Å². The fourth-order valence-electron chi connectivity index (χ4n) is 1.40. The maximum Gasteiger partial charge on any atom is 0.217 e. The van der Waals surface area contributed by atoms with Crippen LogP contribution in [0.4, 0.5) is 0 Å². The van der Waals surface area contributed by atoms with Crippen LogP contribution in [0.15, 0.2) is 10.9 Å². The molecule has 0 radical (unpaired) electrons. The molecule has 2 N–H and O–H groups in total. The summed E-state index contributed by atoms with van der Waals surface area (Å²) in [7, 11) is 0. The van der Waals surface area contributed by atoms with E-state index in [-0.39, 0.29) is 24.0 Å². The average molecular weight is 238 g/mol. The van der Waals surface area contributed by atoms with Crippen molar-refractivity contribution in [3.8, 4) is 5.88 Å². The summed E-state index contributed by atoms with van der Waals surface area (Å²) in [6.07, 6.45) is -0.0384. The van der Waals surface area contributed by atoms with E-state index in [0.29, 0.717) is 11.4 Å². The van der Waals surface area contributed by atoms with Crippen LogP contribution in [0.3, 0.4) is 0 Å². The second-order valence-electron chi connectivity index (χ2n) is 4.20. The Labute approximate surface area is 100 Å². The van der Waals surface area contributed by atoms with Gasteiger partial charge in [-0.15, -0.1) is 0 Å². The second kappa shape index (κ2) is 5.52. The van der Waals surface area contributed by atoms with Crippen LogP contribution < -0.4 is 15.5 Å². The number of aromatic amines is 1. The highest BCUT2D eigenvalue weighted by atomic mass is 16.5. The summed E-state index contributed by atoms with van der Waals surface area (Å²) < 4.78 is 5.53. The molecule has 17 heavy (non-hydrogen) atoms. The van der Waals surface area contributed by atoms with Crippen molar-refractivity contribution in [3.63, 3.8) is 0 Å². The number of pyridine rings is 1. The number of rotatable bonds is 4. The number of hydrogen-bond donors (Lipinski definition) is 2. The molecule has 0 unspecified atom stereocenters. The number of amides is 1. The van der Waals surface area contributed by atoms with Gasteiger partial charge < -0.3 is 15.0 Å². The van der Waals surface area contributed by atoms with Gasteiger partial charge in [0.05, 0.1) is 18.2 Å².